The third kappa shape index (κ3) is 2.29. The number of hydrogen-bond acceptors (Lipinski definition) is 4. The quantitative estimate of drug-likeness (QED) is 0.743. The molecule has 0 spiro atoms. The van der Waals surface area contributed by atoms with Gasteiger partial charge in [0.1, 0.15) is 6.04 Å². The van der Waals surface area contributed by atoms with E-state index < -0.39 is 6.04 Å². The van der Waals surface area contributed by atoms with Gasteiger partial charge in [0.05, 0.1) is 31.7 Å². The Kier molecular flexibility index (Phi) is 3.43. The van der Waals surface area contributed by atoms with E-state index in [-0.39, 0.29) is 11.8 Å². The van der Waals surface area contributed by atoms with Crippen molar-refractivity contribution in [3.8, 4) is 0 Å². The van der Waals surface area contributed by atoms with Crippen LogP contribution in [-0.4, -0.2) is 51.0 Å². The molecule has 108 valence electrons. The molecule has 1 saturated heterocycles. The van der Waals surface area contributed by atoms with Gasteiger partial charge < -0.3 is 9.47 Å². The topological polar surface area (TPSA) is 67.7 Å². The van der Waals surface area contributed by atoms with Crippen molar-refractivity contribution in [2.45, 2.75) is 32.4 Å². The first kappa shape index (κ1) is 13.1. The van der Waals surface area contributed by atoms with E-state index in [9.17, 15) is 9.59 Å². The maximum absolute atomic E-state index is 12.6. The summed E-state index contributed by atoms with van der Waals surface area (Å²) in [5.74, 6) is -0.135. The summed E-state index contributed by atoms with van der Waals surface area (Å²) in [6.07, 6.45) is 5.28. The number of hydrogen-bond donors (Lipinski definition) is 0. The van der Waals surface area contributed by atoms with Crippen LogP contribution in [0.1, 0.15) is 31.5 Å². The molecule has 0 N–H and O–H groups in total. The smallest absolute Gasteiger partial charge is 0.271 e. The molecule has 0 saturated carbocycles. The van der Waals surface area contributed by atoms with E-state index in [0.29, 0.717) is 26.2 Å². The lowest BCUT2D eigenvalue weighted by Gasteiger charge is -2.36. The van der Waals surface area contributed by atoms with Gasteiger partial charge in [-0.05, 0) is 12.8 Å². The van der Waals surface area contributed by atoms with E-state index in [0.717, 1.165) is 18.5 Å². The van der Waals surface area contributed by atoms with Gasteiger partial charge >= 0.3 is 0 Å². The molecule has 0 aromatic carbocycles. The van der Waals surface area contributed by atoms with E-state index in [1.54, 1.807) is 17.4 Å². The van der Waals surface area contributed by atoms with E-state index in [1.165, 1.54) is 12.0 Å². The van der Waals surface area contributed by atoms with Crippen LogP contribution in [0.5, 0.6) is 0 Å². The van der Waals surface area contributed by atoms with Crippen molar-refractivity contribution < 1.29 is 14.4 Å². The molecule has 3 heterocycles. The zero-order chi connectivity index (χ0) is 14.1. The van der Waals surface area contributed by atoms with E-state index >= 15 is 0 Å². The van der Waals surface area contributed by atoms with E-state index in [2.05, 4.69) is 4.98 Å². The van der Waals surface area contributed by atoms with Crippen molar-refractivity contribution in [2.24, 2.45) is 0 Å². The normalized spacial score (nSPS) is 22.6. The van der Waals surface area contributed by atoms with Gasteiger partial charge in [0.15, 0.2) is 0 Å². The molecule has 3 rings (SSSR count). The number of nitrogens with zero attached hydrogens (tertiary/aromatic N) is 4. The molecular formula is C13H18N4O3. The highest BCUT2D eigenvalue weighted by molar-refractivity contribution is 5.81. The van der Waals surface area contributed by atoms with Crippen molar-refractivity contribution in [3.63, 3.8) is 0 Å². The van der Waals surface area contributed by atoms with Crippen molar-refractivity contribution in [2.75, 3.05) is 19.7 Å². The first-order chi connectivity index (χ1) is 9.66. The SMILES string of the molecule is CC(=O)N1Cc2cncn2[C@H](C(=O)N2CCCCO2)C1. The number of amides is 2. The fourth-order valence-electron chi connectivity index (χ4n) is 2.67. The van der Waals surface area contributed by atoms with Crippen molar-refractivity contribution in [1.82, 2.24) is 19.5 Å². The Morgan fingerprint density at radius 2 is 2.25 bits per heavy atom. The summed E-state index contributed by atoms with van der Waals surface area (Å²) in [5.41, 5.74) is 0.877. The lowest BCUT2D eigenvalue weighted by atomic mass is 10.1. The molecule has 0 bridgehead atoms. The summed E-state index contributed by atoms with van der Waals surface area (Å²) in [6, 6.07) is -0.441. The second-order valence-electron chi connectivity index (χ2n) is 5.19. The first-order valence-electron chi connectivity index (χ1n) is 6.87. The lowest BCUT2D eigenvalue weighted by molar-refractivity contribution is -0.201. The van der Waals surface area contributed by atoms with Crippen LogP contribution in [-0.2, 0) is 21.0 Å². The predicted octanol–water partition coefficient (Wildman–Crippen LogP) is 0.340. The number of rotatable bonds is 1. The van der Waals surface area contributed by atoms with Crippen LogP contribution in [0.3, 0.4) is 0 Å². The summed E-state index contributed by atoms with van der Waals surface area (Å²) in [6.45, 7) is 3.58. The molecule has 20 heavy (non-hydrogen) atoms. The van der Waals surface area contributed by atoms with Gasteiger partial charge in [-0.1, -0.05) is 0 Å². The standard InChI is InChI=1S/C13H18N4O3/c1-10(18)15-7-11-6-14-9-16(11)12(8-15)13(19)17-4-2-3-5-20-17/h6,9,12H,2-5,7-8H2,1H3/t12-/m0/s1. The minimum absolute atomic E-state index is 0.0326. The summed E-state index contributed by atoms with van der Waals surface area (Å²) < 4.78 is 1.85. The van der Waals surface area contributed by atoms with Gasteiger partial charge in [-0.15, -0.1) is 0 Å². The zero-order valence-electron chi connectivity index (χ0n) is 11.5. The van der Waals surface area contributed by atoms with Gasteiger partial charge in [-0.3, -0.25) is 14.4 Å². The second-order valence-corrected chi connectivity index (χ2v) is 5.19. The highest BCUT2D eigenvalue weighted by atomic mass is 16.7. The van der Waals surface area contributed by atoms with Crippen LogP contribution in [0.15, 0.2) is 12.5 Å². The Morgan fingerprint density at radius 1 is 1.40 bits per heavy atom. The average molecular weight is 278 g/mol. The molecular weight excluding hydrogens is 260 g/mol. The van der Waals surface area contributed by atoms with Crippen LogP contribution >= 0.6 is 0 Å². The molecule has 0 aliphatic carbocycles. The number of carbonyl (C=O) groups is 2. The van der Waals surface area contributed by atoms with Crippen LogP contribution in [0.4, 0.5) is 0 Å². The largest absolute Gasteiger partial charge is 0.334 e. The molecule has 2 amide bonds. The Labute approximate surface area is 117 Å². The Hall–Kier alpha value is -1.89. The third-order valence-corrected chi connectivity index (χ3v) is 3.81. The van der Waals surface area contributed by atoms with Crippen LogP contribution in [0, 0.1) is 0 Å². The minimum Gasteiger partial charge on any atom is -0.334 e. The predicted molar refractivity (Wildman–Crippen MR) is 69.3 cm³/mol. The molecule has 0 radical (unpaired) electrons. The van der Waals surface area contributed by atoms with E-state index in [1.807, 2.05) is 4.57 Å². The van der Waals surface area contributed by atoms with Gasteiger partial charge in [-0.25, -0.2) is 10.0 Å². The fraction of sp³-hybridized carbons (Fsp3) is 0.615. The van der Waals surface area contributed by atoms with Crippen molar-refractivity contribution in [3.05, 3.63) is 18.2 Å². The number of aromatic nitrogens is 2. The highest BCUT2D eigenvalue weighted by Gasteiger charge is 2.34. The van der Waals surface area contributed by atoms with Gasteiger partial charge in [0.2, 0.25) is 5.91 Å². The average Bonchev–Trinajstić information content (AvgIpc) is 2.94. The Balaban J connectivity index is 1.84. The van der Waals surface area contributed by atoms with Gasteiger partial charge in [0, 0.05) is 19.7 Å². The van der Waals surface area contributed by atoms with Gasteiger partial charge in [-0.2, -0.15) is 0 Å². The lowest BCUT2D eigenvalue weighted by Crippen LogP contribution is -2.48. The molecule has 7 nitrogen and oxygen atoms in total. The second kappa shape index (κ2) is 5.24. The molecule has 0 unspecified atom stereocenters. The maximum atomic E-state index is 12.6. The molecule has 1 aromatic rings. The van der Waals surface area contributed by atoms with Crippen LogP contribution in [0.2, 0.25) is 0 Å². The van der Waals surface area contributed by atoms with Crippen LogP contribution in [0.25, 0.3) is 0 Å². The minimum atomic E-state index is -0.441. The monoisotopic (exact) mass is 278 g/mol. The summed E-state index contributed by atoms with van der Waals surface area (Å²) in [4.78, 5) is 35.4. The zero-order valence-corrected chi connectivity index (χ0v) is 11.5. The molecule has 2 aliphatic rings. The molecule has 2 aliphatic heterocycles. The first-order valence-corrected chi connectivity index (χ1v) is 6.87. The molecule has 1 fully saturated rings. The Morgan fingerprint density at radius 3 is 2.95 bits per heavy atom. The van der Waals surface area contributed by atoms with E-state index in [4.69, 9.17) is 4.84 Å². The number of hydroxylamine groups is 2. The maximum Gasteiger partial charge on any atom is 0.271 e. The fourth-order valence-corrected chi connectivity index (χ4v) is 2.67. The number of imidazole rings is 1. The summed E-state index contributed by atoms with van der Waals surface area (Å²) >= 11 is 0. The number of fused-ring (bicyclic) bond motifs is 1. The van der Waals surface area contributed by atoms with Crippen LogP contribution < -0.4 is 0 Å². The van der Waals surface area contributed by atoms with Crippen molar-refractivity contribution >= 4 is 11.8 Å². The number of carbonyl (C=O) groups excluding carboxylic acids is 2. The summed E-state index contributed by atoms with van der Waals surface area (Å²) in [5, 5.41) is 1.43. The van der Waals surface area contributed by atoms with Crippen molar-refractivity contribution in [1.29, 1.82) is 0 Å². The molecule has 1 aromatic heterocycles. The third-order valence-electron chi connectivity index (χ3n) is 3.81. The van der Waals surface area contributed by atoms with Gasteiger partial charge in [0.25, 0.3) is 5.91 Å². The summed E-state index contributed by atoms with van der Waals surface area (Å²) in [7, 11) is 0. The highest BCUT2D eigenvalue weighted by Crippen LogP contribution is 2.24. The molecule has 1 atom stereocenters. The molecule has 7 heteroatoms. The Bertz CT molecular complexity index is 521.